The van der Waals surface area contributed by atoms with Gasteiger partial charge in [0.15, 0.2) is 0 Å². The van der Waals surface area contributed by atoms with Crippen LogP contribution in [0.5, 0.6) is 0 Å². The van der Waals surface area contributed by atoms with Gasteiger partial charge in [0.25, 0.3) is 0 Å². The molecule has 0 bridgehead atoms. The summed E-state index contributed by atoms with van der Waals surface area (Å²) in [4.78, 5) is 16.8. The van der Waals surface area contributed by atoms with Gasteiger partial charge in [0.05, 0.1) is 25.1 Å². The van der Waals surface area contributed by atoms with Crippen LogP contribution < -0.4 is 5.32 Å². The van der Waals surface area contributed by atoms with Gasteiger partial charge < -0.3 is 14.3 Å². The average Bonchev–Trinajstić information content (AvgIpc) is 3.44. The van der Waals surface area contributed by atoms with E-state index in [0.29, 0.717) is 0 Å². The van der Waals surface area contributed by atoms with Crippen LogP contribution in [0.4, 0.5) is 0 Å². The van der Waals surface area contributed by atoms with E-state index in [0.717, 1.165) is 38.6 Å². The Kier molecular flexibility index (Phi) is 4.56. The quantitative estimate of drug-likeness (QED) is 0.445. The Labute approximate surface area is 174 Å². The molecule has 0 spiro atoms. The van der Waals surface area contributed by atoms with Gasteiger partial charge in [0, 0.05) is 29.0 Å². The molecule has 148 valence electrons. The summed E-state index contributed by atoms with van der Waals surface area (Å²) < 4.78 is 7.65. The minimum Gasteiger partial charge on any atom is -0.464 e. The number of benzene rings is 3. The third-order valence-electron chi connectivity index (χ3n) is 5.46. The summed E-state index contributed by atoms with van der Waals surface area (Å²) in [5.74, 6) is -0.0307. The molecular formula is C25H21N3O2. The smallest absolute Gasteiger partial charge is 0.225 e. The number of hydrogen-bond acceptors (Lipinski definition) is 3. The second kappa shape index (κ2) is 7.52. The third kappa shape index (κ3) is 3.35. The van der Waals surface area contributed by atoms with E-state index in [2.05, 4.69) is 22.4 Å². The predicted octanol–water partition coefficient (Wildman–Crippen LogP) is 5.19. The van der Waals surface area contributed by atoms with Gasteiger partial charge in [0.1, 0.15) is 5.58 Å². The highest BCUT2D eigenvalue weighted by atomic mass is 16.3. The van der Waals surface area contributed by atoms with Crippen molar-refractivity contribution in [2.45, 2.75) is 19.4 Å². The molecule has 0 saturated carbocycles. The number of aromatic nitrogens is 2. The Morgan fingerprint density at radius 1 is 1.10 bits per heavy atom. The maximum atomic E-state index is 12.8. The van der Waals surface area contributed by atoms with E-state index >= 15 is 0 Å². The highest BCUT2D eigenvalue weighted by molar-refractivity contribution is 6.08. The molecule has 0 aliphatic carbocycles. The second-order valence-corrected chi connectivity index (χ2v) is 7.45. The summed E-state index contributed by atoms with van der Waals surface area (Å²) in [6.07, 6.45) is 7.39. The first kappa shape index (κ1) is 18.2. The molecule has 0 fully saturated rings. The fourth-order valence-corrected chi connectivity index (χ4v) is 3.90. The molecule has 0 aliphatic heterocycles. The van der Waals surface area contributed by atoms with Crippen molar-refractivity contribution in [3.05, 3.63) is 96.8 Å². The molecule has 2 heterocycles. The van der Waals surface area contributed by atoms with Gasteiger partial charge in [-0.1, -0.05) is 42.5 Å². The number of carbonyl (C=O) groups is 1. The molecule has 5 heteroatoms. The number of nitrogens with zero attached hydrogens (tertiary/aromatic N) is 2. The van der Waals surface area contributed by atoms with E-state index in [1.807, 2.05) is 66.2 Å². The first-order chi connectivity index (χ1) is 14.7. The SMILES string of the molecule is C[C@@H](NC(=O)Cc1coc2ccc3ccccc3c12)c1ccc(-n2ccnc2)cc1. The predicted molar refractivity (Wildman–Crippen MR) is 118 cm³/mol. The molecule has 5 aromatic rings. The first-order valence-corrected chi connectivity index (χ1v) is 9.94. The highest BCUT2D eigenvalue weighted by Gasteiger charge is 2.15. The maximum Gasteiger partial charge on any atom is 0.225 e. The summed E-state index contributed by atoms with van der Waals surface area (Å²) in [5, 5.41) is 6.36. The molecular weight excluding hydrogens is 374 g/mol. The van der Waals surface area contributed by atoms with Crippen molar-refractivity contribution in [1.82, 2.24) is 14.9 Å². The van der Waals surface area contributed by atoms with Gasteiger partial charge in [-0.15, -0.1) is 0 Å². The van der Waals surface area contributed by atoms with Gasteiger partial charge in [-0.3, -0.25) is 4.79 Å². The van der Waals surface area contributed by atoms with Crippen LogP contribution >= 0.6 is 0 Å². The van der Waals surface area contributed by atoms with Crippen LogP contribution in [-0.2, 0) is 11.2 Å². The number of fused-ring (bicyclic) bond motifs is 3. The number of furan rings is 1. The summed E-state index contributed by atoms with van der Waals surface area (Å²) >= 11 is 0. The molecule has 2 aromatic heterocycles. The van der Waals surface area contributed by atoms with Gasteiger partial charge in [0.2, 0.25) is 5.91 Å². The van der Waals surface area contributed by atoms with Crippen molar-refractivity contribution >= 4 is 27.6 Å². The van der Waals surface area contributed by atoms with E-state index in [1.165, 1.54) is 0 Å². The van der Waals surface area contributed by atoms with Gasteiger partial charge in [-0.2, -0.15) is 0 Å². The fraction of sp³-hybridized carbons (Fsp3) is 0.120. The lowest BCUT2D eigenvalue weighted by atomic mass is 10.0. The van der Waals surface area contributed by atoms with E-state index in [9.17, 15) is 4.79 Å². The maximum absolute atomic E-state index is 12.8. The first-order valence-electron chi connectivity index (χ1n) is 9.94. The van der Waals surface area contributed by atoms with E-state index in [1.54, 1.807) is 18.8 Å². The second-order valence-electron chi connectivity index (χ2n) is 7.45. The van der Waals surface area contributed by atoms with Crippen LogP contribution in [0.15, 0.2) is 90.1 Å². The van der Waals surface area contributed by atoms with E-state index < -0.39 is 0 Å². The molecule has 0 radical (unpaired) electrons. The lowest BCUT2D eigenvalue weighted by molar-refractivity contribution is -0.121. The van der Waals surface area contributed by atoms with E-state index in [4.69, 9.17) is 4.42 Å². The number of amides is 1. The molecule has 0 aliphatic rings. The normalized spacial score (nSPS) is 12.3. The van der Waals surface area contributed by atoms with Crippen LogP contribution in [0.1, 0.15) is 24.1 Å². The van der Waals surface area contributed by atoms with Crippen LogP contribution in [0.2, 0.25) is 0 Å². The summed E-state index contributed by atoms with van der Waals surface area (Å²) in [6, 6.07) is 20.2. The number of carbonyl (C=O) groups excluding carboxylic acids is 1. The minimum absolute atomic E-state index is 0.0307. The molecule has 0 saturated heterocycles. The lowest BCUT2D eigenvalue weighted by Crippen LogP contribution is -2.28. The lowest BCUT2D eigenvalue weighted by Gasteiger charge is -2.15. The molecule has 0 unspecified atom stereocenters. The summed E-state index contributed by atoms with van der Waals surface area (Å²) in [7, 11) is 0. The Bertz CT molecular complexity index is 1320. The van der Waals surface area contributed by atoms with Crippen molar-refractivity contribution in [2.75, 3.05) is 0 Å². The fourth-order valence-electron chi connectivity index (χ4n) is 3.90. The van der Waals surface area contributed by atoms with Crippen molar-refractivity contribution in [2.24, 2.45) is 0 Å². The standard InChI is InChI=1S/C25H21N3O2/c1-17(18-6-9-21(10-7-18)28-13-12-26-16-28)27-24(29)14-20-15-30-23-11-8-19-4-2-3-5-22(19)25(20)23/h2-13,15-17H,14H2,1H3,(H,27,29)/t17-/m1/s1. The van der Waals surface area contributed by atoms with Crippen molar-refractivity contribution < 1.29 is 9.21 Å². The molecule has 1 atom stereocenters. The van der Waals surface area contributed by atoms with Crippen LogP contribution in [-0.4, -0.2) is 15.5 Å². The zero-order valence-corrected chi connectivity index (χ0v) is 16.6. The highest BCUT2D eigenvalue weighted by Crippen LogP contribution is 2.30. The number of imidazole rings is 1. The van der Waals surface area contributed by atoms with Crippen LogP contribution in [0.25, 0.3) is 27.4 Å². The van der Waals surface area contributed by atoms with Crippen LogP contribution in [0.3, 0.4) is 0 Å². The van der Waals surface area contributed by atoms with E-state index in [-0.39, 0.29) is 18.4 Å². The average molecular weight is 395 g/mol. The molecule has 1 N–H and O–H groups in total. The molecule has 30 heavy (non-hydrogen) atoms. The summed E-state index contributed by atoms with van der Waals surface area (Å²) in [5.41, 5.74) is 3.79. The Balaban J connectivity index is 1.33. The molecule has 3 aromatic carbocycles. The van der Waals surface area contributed by atoms with Crippen molar-refractivity contribution in [3.63, 3.8) is 0 Å². The van der Waals surface area contributed by atoms with Crippen LogP contribution in [0, 0.1) is 0 Å². The van der Waals surface area contributed by atoms with Crippen molar-refractivity contribution in [1.29, 1.82) is 0 Å². The largest absolute Gasteiger partial charge is 0.464 e. The Hall–Kier alpha value is -3.86. The molecule has 5 nitrogen and oxygen atoms in total. The van der Waals surface area contributed by atoms with Gasteiger partial charge in [-0.25, -0.2) is 4.98 Å². The Morgan fingerprint density at radius 2 is 1.93 bits per heavy atom. The van der Waals surface area contributed by atoms with Gasteiger partial charge in [-0.05, 0) is 41.5 Å². The summed E-state index contributed by atoms with van der Waals surface area (Å²) in [6.45, 7) is 1.99. The zero-order valence-electron chi connectivity index (χ0n) is 16.6. The number of nitrogens with one attached hydrogen (secondary N) is 1. The number of hydrogen-bond donors (Lipinski definition) is 1. The zero-order chi connectivity index (χ0) is 20.5. The third-order valence-corrected chi connectivity index (χ3v) is 5.46. The monoisotopic (exact) mass is 395 g/mol. The van der Waals surface area contributed by atoms with Crippen molar-refractivity contribution in [3.8, 4) is 5.69 Å². The van der Waals surface area contributed by atoms with Gasteiger partial charge >= 0.3 is 0 Å². The topological polar surface area (TPSA) is 60.1 Å². The molecule has 1 amide bonds. The number of rotatable bonds is 5. The molecule has 5 rings (SSSR count). The minimum atomic E-state index is -0.0933. The Morgan fingerprint density at radius 3 is 2.73 bits per heavy atom.